The van der Waals surface area contributed by atoms with Crippen molar-refractivity contribution < 1.29 is 4.79 Å². The van der Waals surface area contributed by atoms with Gasteiger partial charge in [0, 0.05) is 78.0 Å². The topological polar surface area (TPSA) is 72.5 Å². The number of rotatable bonds is 7. The summed E-state index contributed by atoms with van der Waals surface area (Å²) >= 11 is 6.12. The Hall–Kier alpha value is -4.49. The predicted octanol–water partition coefficient (Wildman–Crippen LogP) is 6.62. The molecule has 3 N–H and O–H groups in total. The molecular formula is C30H29ClN6O. The highest BCUT2D eigenvalue weighted by atomic mass is 35.5. The third-order valence-electron chi connectivity index (χ3n) is 6.35. The molecule has 0 spiro atoms. The Morgan fingerprint density at radius 2 is 1.66 bits per heavy atom. The minimum absolute atomic E-state index is 0.0560. The van der Waals surface area contributed by atoms with Crippen molar-refractivity contribution in [2.45, 2.75) is 6.17 Å². The van der Waals surface area contributed by atoms with Gasteiger partial charge in [0.15, 0.2) is 0 Å². The van der Waals surface area contributed by atoms with Gasteiger partial charge in [-0.25, -0.2) is 0 Å². The lowest BCUT2D eigenvalue weighted by Gasteiger charge is -2.28. The van der Waals surface area contributed by atoms with Crippen molar-refractivity contribution in [1.82, 2.24) is 9.88 Å². The molecule has 2 heterocycles. The Balaban J connectivity index is 1.23. The number of anilines is 5. The van der Waals surface area contributed by atoms with E-state index in [-0.39, 0.29) is 12.1 Å². The SMILES string of the molecule is CN(C)c1ccc2nccc(Nc3ccc(NC(=O)c4ccc(NC5C=C(Cl)C=CN5C)cc4)cc3)c2c1. The molecule has 0 radical (unpaired) electrons. The number of benzene rings is 3. The molecular weight excluding hydrogens is 496 g/mol. The third-order valence-corrected chi connectivity index (χ3v) is 6.60. The summed E-state index contributed by atoms with van der Waals surface area (Å²) in [6, 6.07) is 23.2. The largest absolute Gasteiger partial charge is 0.378 e. The molecule has 5 rings (SSSR count). The summed E-state index contributed by atoms with van der Waals surface area (Å²) in [5.74, 6) is -0.172. The molecule has 0 saturated carbocycles. The first-order chi connectivity index (χ1) is 18.4. The molecule has 192 valence electrons. The van der Waals surface area contributed by atoms with Crippen LogP contribution in [0.2, 0.25) is 0 Å². The van der Waals surface area contributed by atoms with E-state index < -0.39 is 0 Å². The molecule has 0 aliphatic carbocycles. The van der Waals surface area contributed by atoms with E-state index in [1.54, 1.807) is 18.3 Å². The fourth-order valence-electron chi connectivity index (χ4n) is 4.15. The number of allylic oxidation sites excluding steroid dienone is 2. The molecule has 1 aliphatic heterocycles. The lowest BCUT2D eigenvalue weighted by atomic mass is 10.1. The maximum atomic E-state index is 12.8. The highest BCUT2D eigenvalue weighted by Gasteiger charge is 2.14. The first-order valence-electron chi connectivity index (χ1n) is 12.2. The van der Waals surface area contributed by atoms with Crippen LogP contribution in [-0.4, -0.2) is 43.1 Å². The Labute approximate surface area is 227 Å². The summed E-state index contributed by atoms with van der Waals surface area (Å²) < 4.78 is 0. The molecule has 1 amide bonds. The van der Waals surface area contributed by atoms with Crippen molar-refractivity contribution in [2.75, 3.05) is 42.0 Å². The number of hydrogen-bond donors (Lipinski definition) is 3. The summed E-state index contributed by atoms with van der Waals surface area (Å²) in [5, 5.41) is 11.6. The second kappa shape index (κ2) is 10.9. The molecule has 38 heavy (non-hydrogen) atoms. The van der Waals surface area contributed by atoms with Crippen molar-refractivity contribution in [3.63, 3.8) is 0 Å². The number of aromatic nitrogens is 1. The van der Waals surface area contributed by atoms with Gasteiger partial charge in [-0.2, -0.15) is 0 Å². The average Bonchev–Trinajstić information content (AvgIpc) is 2.92. The highest BCUT2D eigenvalue weighted by Crippen LogP contribution is 2.29. The quantitative estimate of drug-likeness (QED) is 0.252. The van der Waals surface area contributed by atoms with Gasteiger partial charge in [-0.1, -0.05) is 11.6 Å². The summed E-state index contributed by atoms with van der Waals surface area (Å²) in [6.45, 7) is 0. The molecule has 8 heteroatoms. The number of carbonyl (C=O) groups is 1. The van der Waals surface area contributed by atoms with Gasteiger partial charge in [0.05, 0.1) is 5.52 Å². The van der Waals surface area contributed by atoms with Crippen LogP contribution in [0.1, 0.15) is 10.4 Å². The smallest absolute Gasteiger partial charge is 0.255 e. The van der Waals surface area contributed by atoms with Crippen molar-refractivity contribution in [1.29, 1.82) is 0 Å². The third kappa shape index (κ3) is 5.74. The Kier molecular flexibility index (Phi) is 7.20. The number of nitrogens with one attached hydrogen (secondary N) is 3. The zero-order valence-electron chi connectivity index (χ0n) is 21.4. The van der Waals surface area contributed by atoms with E-state index in [2.05, 4.69) is 38.0 Å². The molecule has 0 saturated heterocycles. The molecule has 1 atom stereocenters. The summed E-state index contributed by atoms with van der Waals surface area (Å²) in [6.07, 6.45) is 7.44. The van der Waals surface area contributed by atoms with E-state index in [0.717, 1.165) is 33.7 Å². The first-order valence-corrected chi connectivity index (χ1v) is 12.6. The second-order valence-electron chi connectivity index (χ2n) is 9.31. The molecule has 0 fully saturated rings. The van der Waals surface area contributed by atoms with E-state index in [0.29, 0.717) is 16.3 Å². The number of carbonyl (C=O) groups excluding carboxylic acids is 1. The molecule has 1 unspecified atom stereocenters. The van der Waals surface area contributed by atoms with Crippen LogP contribution >= 0.6 is 11.6 Å². The minimum atomic E-state index is -0.172. The Morgan fingerprint density at radius 1 is 0.947 bits per heavy atom. The number of likely N-dealkylation sites (N-methyl/N-ethyl adjacent to an activating group) is 1. The van der Waals surface area contributed by atoms with E-state index in [1.807, 2.05) is 92.9 Å². The Bertz CT molecular complexity index is 1510. The fourth-order valence-corrected chi connectivity index (χ4v) is 4.33. The summed E-state index contributed by atoms with van der Waals surface area (Å²) in [7, 11) is 6.01. The maximum absolute atomic E-state index is 12.8. The molecule has 4 aromatic rings. The van der Waals surface area contributed by atoms with Crippen LogP contribution in [-0.2, 0) is 0 Å². The number of pyridine rings is 1. The standard InChI is InChI=1S/C30H29ClN6O/c1-36(2)25-12-13-27-26(19-25)28(14-16-32-27)33-22-8-10-24(11-9-22)35-30(38)20-4-6-23(7-5-20)34-29-18-21(31)15-17-37(29)3/h4-19,29,34H,1-3H3,(H,32,33)(H,35,38). The van der Waals surface area contributed by atoms with Crippen LogP contribution in [0.25, 0.3) is 10.9 Å². The van der Waals surface area contributed by atoms with Crippen LogP contribution in [0.5, 0.6) is 0 Å². The highest BCUT2D eigenvalue weighted by molar-refractivity contribution is 6.31. The minimum Gasteiger partial charge on any atom is -0.378 e. The van der Waals surface area contributed by atoms with Crippen LogP contribution in [0.3, 0.4) is 0 Å². The van der Waals surface area contributed by atoms with Gasteiger partial charge in [0.2, 0.25) is 0 Å². The normalized spacial score (nSPS) is 14.7. The van der Waals surface area contributed by atoms with Crippen molar-refractivity contribution in [2.24, 2.45) is 0 Å². The number of amides is 1. The lowest BCUT2D eigenvalue weighted by molar-refractivity contribution is 0.102. The van der Waals surface area contributed by atoms with Crippen LogP contribution < -0.4 is 20.9 Å². The first kappa shape index (κ1) is 25.2. The van der Waals surface area contributed by atoms with Crippen molar-refractivity contribution in [3.8, 4) is 0 Å². The molecule has 1 aliphatic rings. The number of hydrogen-bond acceptors (Lipinski definition) is 6. The van der Waals surface area contributed by atoms with E-state index >= 15 is 0 Å². The van der Waals surface area contributed by atoms with Gasteiger partial charge >= 0.3 is 0 Å². The molecule has 3 aromatic carbocycles. The summed E-state index contributed by atoms with van der Waals surface area (Å²) in [4.78, 5) is 21.4. The number of nitrogens with zero attached hydrogens (tertiary/aromatic N) is 3. The van der Waals surface area contributed by atoms with Gasteiger partial charge in [-0.15, -0.1) is 0 Å². The average molecular weight is 525 g/mol. The fraction of sp³-hybridized carbons (Fsp3) is 0.133. The van der Waals surface area contributed by atoms with Crippen molar-refractivity contribution in [3.05, 3.63) is 108 Å². The van der Waals surface area contributed by atoms with E-state index in [9.17, 15) is 4.79 Å². The number of fused-ring (bicyclic) bond motifs is 1. The Morgan fingerprint density at radius 3 is 2.39 bits per heavy atom. The molecule has 0 bridgehead atoms. The van der Waals surface area contributed by atoms with Crippen molar-refractivity contribution >= 4 is 56.8 Å². The van der Waals surface area contributed by atoms with Gasteiger partial charge in [0.1, 0.15) is 6.17 Å². The van der Waals surface area contributed by atoms with Gasteiger partial charge in [-0.3, -0.25) is 9.78 Å². The van der Waals surface area contributed by atoms with Gasteiger partial charge in [0.25, 0.3) is 5.91 Å². The lowest BCUT2D eigenvalue weighted by Crippen LogP contribution is -2.34. The second-order valence-corrected chi connectivity index (χ2v) is 9.75. The molecule has 1 aromatic heterocycles. The monoisotopic (exact) mass is 524 g/mol. The predicted molar refractivity (Wildman–Crippen MR) is 158 cm³/mol. The van der Waals surface area contributed by atoms with Crippen LogP contribution in [0, 0.1) is 0 Å². The van der Waals surface area contributed by atoms with E-state index in [4.69, 9.17) is 11.6 Å². The van der Waals surface area contributed by atoms with Crippen LogP contribution in [0.4, 0.5) is 28.4 Å². The molecule has 7 nitrogen and oxygen atoms in total. The van der Waals surface area contributed by atoms with Crippen LogP contribution in [0.15, 0.2) is 102 Å². The van der Waals surface area contributed by atoms with Gasteiger partial charge < -0.3 is 25.8 Å². The summed E-state index contributed by atoms with van der Waals surface area (Å²) in [5.41, 5.74) is 6.10. The van der Waals surface area contributed by atoms with E-state index in [1.165, 1.54) is 0 Å². The zero-order valence-corrected chi connectivity index (χ0v) is 22.2. The number of halogens is 1. The zero-order chi connectivity index (χ0) is 26.6. The van der Waals surface area contributed by atoms with Gasteiger partial charge in [-0.05, 0) is 84.9 Å². The maximum Gasteiger partial charge on any atom is 0.255 e.